The number of halogens is 1. The van der Waals surface area contributed by atoms with Crippen molar-refractivity contribution < 1.29 is 0 Å². The van der Waals surface area contributed by atoms with Gasteiger partial charge in [0.25, 0.3) is 0 Å². The molecule has 5 heteroatoms. The molecule has 0 fully saturated rings. The minimum atomic E-state index is 0.760. The zero-order chi connectivity index (χ0) is 16.0. The molecule has 0 radical (unpaired) electrons. The molecule has 4 rings (SSSR count). The summed E-state index contributed by atoms with van der Waals surface area (Å²) in [6.07, 6.45) is 5.16. The maximum atomic E-state index is 6.24. The zero-order valence-corrected chi connectivity index (χ0v) is 14.8. The van der Waals surface area contributed by atoms with E-state index in [0.717, 1.165) is 45.7 Å². The van der Waals surface area contributed by atoms with E-state index in [1.807, 2.05) is 36.5 Å². The van der Waals surface area contributed by atoms with Gasteiger partial charge in [-0.15, -0.1) is 11.3 Å². The first-order valence-corrected chi connectivity index (χ1v) is 9.09. The highest BCUT2D eigenvalue weighted by Gasteiger charge is 2.23. The number of aryl methyl sites for hydroxylation is 2. The van der Waals surface area contributed by atoms with Crippen LogP contribution >= 0.6 is 22.9 Å². The van der Waals surface area contributed by atoms with Crippen LogP contribution in [-0.4, -0.2) is 9.97 Å². The second-order valence-electron chi connectivity index (χ2n) is 6.34. The van der Waals surface area contributed by atoms with Crippen molar-refractivity contribution in [1.82, 2.24) is 9.97 Å². The maximum Gasteiger partial charge on any atom is 0.142 e. The average molecular weight is 344 g/mol. The number of fused-ring (bicyclic) bond motifs is 3. The second kappa shape index (κ2) is 5.77. The third-order valence-electron chi connectivity index (χ3n) is 4.53. The molecule has 118 valence electrons. The predicted octanol–water partition coefficient (Wildman–Crippen LogP) is 5.52. The van der Waals surface area contributed by atoms with Crippen LogP contribution in [0.3, 0.4) is 0 Å². The molecule has 1 aromatic carbocycles. The van der Waals surface area contributed by atoms with E-state index < -0.39 is 0 Å². The number of nitrogens with one attached hydrogen (secondary N) is 1. The first-order valence-electron chi connectivity index (χ1n) is 7.90. The van der Waals surface area contributed by atoms with E-state index >= 15 is 0 Å². The van der Waals surface area contributed by atoms with Crippen molar-refractivity contribution in [1.29, 1.82) is 0 Å². The van der Waals surface area contributed by atoms with Crippen LogP contribution in [0.2, 0.25) is 5.02 Å². The van der Waals surface area contributed by atoms with Gasteiger partial charge in [0.2, 0.25) is 0 Å². The number of anilines is 2. The van der Waals surface area contributed by atoms with E-state index in [2.05, 4.69) is 22.2 Å². The van der Waals surface area contributed by atoms with Crippen molar-refractivity contribution in [2.24, 2.45) is 5.92 Å². The maximum absolute atomic E-state index is 6.24. The Morgan fingerprint density at radius 1 is 1.30 bits per heavy atom. The Kier molecular flexibility index (Phi) is 3.74. The lowest BCUT2D eigenvalue weighted by molar-refractivity contribution is 0.509. The van der Waals surface area contributed by atoms with Crippen LogP contribution in [0.15, 0.2) is 24.5 Å². The topological polar surface area (TPSA) is 37.8 Å². The Morgan fingerprint density at radius 2 is 2.17 bits per heavy atom. The number of nitrogens with zero attached hydrogens (tertiary/aromatic N) is 2. The number of hydrogen-bond acceptors (Lipinski definition) is 4. The molecule has 0 amide bonds. The van der Waals surface area contributed by atoms with Crippen molar-refractivity contribution in [2.45, 2.75) is 33.1 Å². The standard InChI is InChI=1S/C18H18ClN3S/c1-10-3-6-13-15(7-10)23-18-16(13)17(20-9-21-18)22-12-5-4-11(2)14(19)8-12/h4-5,8-10H,3,6-7H2,1-2H3,(H,20,21,22). The minimum Gasteiger partial charge on any atom is -0.340 e. The fourth-order valence-corrected chi connectivity index (χ4v) is 4.71. The van der Waals surface area contributed by atoms with E-state index in [-0.39, 0.29) is 0 Å². The molecule has 1 N–H and O–H groups in total. The molecule has 0 bridgehead atoms. The van der Waals surface area contributed by atoms with Gasteiger partial charge < -0.3 is 5.32 Å². The molecular weight excluding hydrogens is 326 g/mol. The highest BCUT2D eigenvalue weighted by Crippen LogP contribution is 2.40. The summed E-state index contributed by atoms with van der Waals surface area (Å²) in [7, 11) is 0. The van der Waals surface area contributed by atoms with Gasteiger partial charge in [-0.1, -0.05) is 24.6 Å². The van der Waals surface area contributed by atoms with E-state index in [0.29, 0.717) is 0 Å². The Morgan fingerprint density at radius 3 is 3.00 bits per heavy atom. The lowest BCUT2D eigenvalue weighted by Gasteiger charge is -2.18. The largest absolute Gasteiger partial charge is 0.340 e. The van der Waals surface area contributed by atoms with Gasteiger partial charge in [0.1, 0.15) is 17.0 Å². The van der Waals surface area contributed by atoms with Gasteiger partial charge in [-0.25, -0.2) is 9.97 Å². The summed E-state index contributed by atoms with van der Waals surface area (Å²) in [5.41, 5.74) is 3.47. The summed E-state index contributed by atoms with van der Waals surface area (Å²) in [6.45, 7) is 4.33. The van der Waals surface area contributed by atoms with Crippen LogP contribution in [0, 0.1) is 12.8 Å². The lowest BCUT2D eigenvalue weighted by Crippen LogP contribution is -2.09. The van der Waals surface area contributed by atoms with Crippen LogP contribution in [-0.2, 0) is 12.8 Å². The summed E-state index contributed by atoms with van der Waals surface area (Å²) < 4.78 is 0. The van der Waals surface area contributed by atoms with E-state index in [1.165, 1.54) is 22.2 Å². The third-order valence-corrected chi connectivity index (χ3v) is 6.10. The first kappa shape index (κ1) is 14.9. The van der Waals surface area contributed by atoms with E-state index in [9.17, 15) is 0 Å². The van der Waals surface area contributed by atoms with Crippen LogP contribution in [0.5, 0.6) is 0 Å². The quantitative estimate of drug-likeness (QED) is 0.665. The molecule has 2 heterocycles. The van der Waals surface area contributed by atoms with Crippen molar-refractivity contribution in [2.75, 3.05) is 5.32 Å². The molecule has 1 atom stereocenters. The highest BCUT2D eigenvalue weighted by molar-refractivity contribution is 7.19. The van der Waals surface area contributed by atoms with Gasteiger partial charge in [-0.3, -0.25) is 0 Å². The Bertz CT molecular complexity index is 887. The molecule has 0 aliphatic heterocycles. The molecule has 3 nitrogen and oxygen atoms in total. The van der Waals surface area contributed by atoms with Gasteiger partial charge >= 0.3 is 0 Å². The summed E-state index contributed by atoms with van der Waals surface area (Å²) in [5, 5.41) is 5.39. The lowest BCUT2D eigenvalue weighted by atomic mass is 9.89. The number of hydrogen-bond donors (Lipinski definition) is 1. The van der Waals surface area contributed by atoms with Crippen molar-refractivity contribution in [3.63, 3.8) is 0 Å². The molecule has 23 heavy (non-hydrogen) atoms. The SMILES string of the molecule is Cc1ccc(Nc2ncnc3sc4c(c23)CCC(C)C4)cc1Cl. The fraction of sp³-hybridized carbons (Fsp3) is 0.333. The molecule has 1 unspecified atom stereocenters. The van der Waals surface area contributed by atoms with Crippen molar-refractivity contribution >= 4 is 44.7 Å². The van der Waals surface area contributed by atoms with Crippen molar-refractivity contribution in [3.05, 3.63) is 45.6 Å². The van der Waals surface area contributed by atoms with Crippen LogP contribution in [0.25, 0.3) is 10.2 Å². The fourth-order valence-electron chi connectivity index (χ4n) is 3.18. The van der Waals surface area contributed by atoms with E-state index in [4.69, 9.17) is 11.6 Å². The highest BCUT2D eigenvalue weighted by atomic mass is 35.5. The van der Waals surface area contributed by atoms with Crippen LogP contribution in [0.1, 0.15) is 29.3 Å². The molecule has 2 aromatic heterocycles. The summed E-state index contributed by atoms with van der Waals surface area (Å²) >= 11 is 8.05. The molecule has 0 saturated heterocycles. The van der Waals surface area contributed by atoms with Gasteiger partial charge in [-0.05, 0) is 55.4 Å². The number of benzene rings is 1. The molecule has 1 aliphatic carbocycles. The van der Waals surface area contributed by atoms with Crippen molar-refractivity contribution in [3.8, 4) is 0 Å². The smallest absolute Gasteiger partial charge is 0.142 e. The normalized spacial score (nSPS) is 17.3. The summed E-state index contributed by atoms with van der Waals surface area (Å²) in [6, 6.07) is 6.01. The Labute approximate surface area is 144 Å². The molecule has 1 aliphatic rings. The first-order chi connectivity index (χ1) is 11.1. The minimum absolute atomic E-state index is 0.760. The summed E-state index contributed by atoms with van der Waals surface area (Å²) in [5.74, 6) is 1.65. The van der Waals surface area contributed by atoms with Gasteiger partial charge in [0, 0.05) is 15.6 Å². The number of thiophene rings is 1. The Hall–Kier alpha value is -1.65. The summed E-state index contributed by atoms with van der Waals surface area (Å²) in [4.78, 5) is 11.5. The number of aromatic nitrogens is 2. The van der Waals surface area contributed by atoms with Gasteiger partial charge in [0.15, 0.2) is 0 Å². The molecule has 0 spiro atoms. The molecule has 0 saturated carbocycles. The van der Waals surface area contributed by atoms with E-state index in [1.54, 1.807) is 6.33 Å². The predicted molar refractivity (Wildman–Crippen MR) is 98.1 cm³/mol. The van der Waals surface area contributed by atoms with Gasteiger partial charge in [0.05, 0.1) is 5.39 Å². The average Bonchev–Trinajstić information content (AvgIpc) is 2.89. The zero-order valence-electron chi connectivity index (χ0n) is 13.2. The monoisotopic (exact) mass is 343 g/mol. The molecule has 3 aromatic rings. The van der Waals surface area contributed by atoms with Gasteiger partial charge in [-0.2, -0.15) is 0 Å². The second-order valence-corrected chi connectivity index (χ2v) is 7.83. The third kappa shape index (κ3) is 2.70. The van der Waals surface area contributed by atoms with Crippen LogP contribution < -0.4 is 5.32 Å². The Balaban J connectivity index is 1.79. The van der Waals surface area contributed by atoms with Crippen LogP contribution in [0.4, 0.5) is 11.5 Å². The molecular formula is C18H18ClN3S. The number of rotatable bonds is 2.